The molecule has 2 atom stereocenters. The average molecular weight is 358 g/mol. The third-order valence-corrected chi connectivity index (χ3v) is 4.48. The summed E-state index contributed by atoms with van der Waals surface area (Å²) in [6, 6.07) is 11.0. The summed E-state index contributed by atoms with van der Waals surface area (Å²) in [5.74, 6) is 1.28. The molecular formula is C17H14N2O5S. The molecule has 3 aromatic rings. The van der Waals surface area contributed by atoms with Gasteiger partial charge in [0.15, 0.2) is 18.1 Å². The van der Waals surface area contributed by atoms with Gasteiger partial charge in [-0.2, -0.15) is 4.98 Å². The Kier molecular flexibility index (Phi) is 4.10. The van der Waals surface area contributed by atoms with E-state index in [4.69, 9.17) is 18.7 Å². The molecule has 1 aromatic carbocycles. The second-order valence-corrected chi connectivity index (χ2v) is 6.36. The van der Waals surface area contributed by atoms with E-state index in [0.717, 1.165) is 4.88 Å². The minimum Gasteiger partial charge on any atom is -0.482 e. The predicted octanol–water partition coefficient (Wildman–Crippen LogP) is 3.07. The summed E-state index contributed by atoms with van der Waals surface area (Å²) in [4.78, 5) is 17.4. The van der Waals surface area contributed by atoms with Gasteiger partial charge in [-0.25, -0.2) is 4.79 Å². The predicted molar refractivity (Wildman–Crippen MR) is 88.4 cm³/mol. The lowest BCUT2D eigenvalue weighted by Gasteiger charge is -2.30. The third kappa shape index (κ3) is 3.20. The van der Waals surface area contributed by atoms with Gasteiger partial charge < -0.3 is 18.7 Å². The molecule has 128 valence electrons. The largest absolute Gasteiger partial charge is 0.482 e. The van der Waals surface area contributed by atoms with Crippen molar-refractivity contribution in [3.8, 4) is 22.3 Å². The molecule has 0 N–H and O–H groups in total. The lowest BCUT2D eigenvalue weighted by atomic mass is 10.2. The van der Waals surface area contributed by atoms with Gasteiger partial charge in [0.25, 0.3) is 5.89 Å². The monoisotopic (exact) mass is 358 g/mol. The lowest BCUT2D eigenvalue weighted by Crippen LogP contribution is -2.44. The molecule has 3 heterocycles. The lowest BCUT2D eigenvalue weighted by molar-refractivity contribution is -0.159. The Bertz CT molecular complexity index is 877. The molecule has 1 aliphatic rings. The fraction of sp³-hybridized carbons (Fsp3) is 0.235. The molecule has 0 amide bonds. The van der Waals surface area contributed by atoms with Crippen LogP contribution in [0.15, 0.2) is 46.3 Å². The number of thiophene rings is 1. The van der Waals surface area contributed by atoms with Gasteiger partial charge in [-0.05, 0) is 30.5 Å². The quantitative estimate of drug-likeness (QED) is 0.663. The maximum Gasteiger partial charge on any atom is 0.351 e. The van der Waals surface area contributed by atoms with Crippen molar-refractivity contribution in [1.82, 2.24) is 10.1 Å². The minimum atomic E-state index is -0.849. The van der Waals surface area contributed by atoms with Crippen molar-refractivity contribution in [2.75, 3.05) is 0 Å². The van der Waals surface area contributed by atoms with Crippen LogP contribution in [0.3, 0.4) is 0 Å². The Hall–Kier alpha value is -2.87. The summed E-state index contributed by atoms with van der Waals surface area (Å²) in [6.45, 7) is 1.66. The van der Waals surface area contributed by atoms with Crippen molar-refractivity contribution in [2.45, 2.75) is 25.7 Å². The summed E-state index contributed by atoms with van der Waals surface area (Å²) in [5, 5.41) is 5.73. The molecule has 7 nitrogen and oxygen atoms in total. The van der Waals surface area contributed by atoms with E-state index in [1.165, 1.54) is 11.3 Å². The summed E-state index contributed by atoms with van der Waals surface area (Å²) < 4.78 is 21.8. The Morgan fingerprint density at radius 2 is 2.00 bits per heavy atom. The molecule has 8 heteroatoms. The molecule has 4 rings (SSSR count). The van der Waals surface area contributed by atoms with Crippen LogP contribution in [-0.2, 0) is 16.1 Å². The van der Waals surface area contributed by atoms with Gasteiger partial charge in [0.2, 0.25) is 11.9 Å². The molecule has 0 bridgehead atoms. The zero-order valence-electron chi connectivity index (χ0n) is 13.2. The number of hydrogen-bond donors (Lipinski definition) is 0. The highest BCUT2D eigenvalue weighted by atomic mass is 32.1. The molecule has 2 aromatic heterocycles. The smallest absolute Gasteiger partial charge is 0.351 e. The second kappa shape index (κ2) is 6.56. The van der Waals surface area contributed by atoms with Crippen molar-refractivity contribution in [1.29, 1.82) is 0 Å². The van der Waals surface area contributed by atoms with Gasteiger partial charge in [0.05, 0.1) is 4.88 Å². The van der Waals surface area contributed by atoms with Crippen molar-refractivity contribution in [3.63, 3.8) is 0 Å². The number of para-hydroxylation sites is 2. The molecule has 0 fully saturated rings. The highest BCUT2D eigenvalue weighted by molar-refractivity contribution is 7.13. The van der Waals surface area contributed by atoms with E-state index in [9.17, 15) is 4.79 Å². The average Bonchev–Trinajstić information content (AvgIpc) is 3.30. The van der Waals surface area contributed by atoms with Crippen LogP contribution in [-0.4, -0.2) is 28.3 Å². The third-order valence-electron chi connectivity index (χ3n) is 3.62. The highest BCUT2D eigenvalue weighted by Crippen LogP contribution is 2.33. The number of aromatic nitrogens is 2. The van der Waals surface area contributed by atoms with Crippen molar-refractivity contribution in [3.05, 3.63) is 47.6 Å². The fourth-order valence-corrected chi connectivity index (χ4v) is 3.05. The van der Waals surface area contributed by atoms with Crippen molar-refractivity contribution >= 4 is 17.3 Å². The van der Waals surface area contributed by atoms with Crippen LogP contribution in [0.2, 0.25) is 0 Å². The van der Waals surface area contributed by atoms with Crippen molar-refractivity contribution in [2.24, 2.45) is 0 Å². The number of hydrogen-bond acceptors (Lipinski definition) is 8. The maximum absolute atomic E-state index is 12.3. The van der Waals surface area contributed by atoms with Crippen molar-refractivity contribution < 1.29 is 23.5 Å². The van der Waals surface area contributed by atoms with Gasteiger partial charge in [-0.15, -0.1) is 11.3 Å². The number of ether oxygens (including phenoxy) is 3. The van der Waals surface area contributed by atoms with E-state index in [-0.39, 0.29) is 6.61 Å². The maximum atomic E-state index is 12.3. The molecule has 0 spiro atoms. The number of carbonyl (C=O) groups is 1. The van der Waals surface area contributed by atoms with Gasteiger partial charge >= 0.3 is 5.97 Å². The first-order valence-electron chi connectivity index (χ1n) is 7.66. The first-order chi connectivity index (χ1) is 12.2. The molecule has 0 radical (unpaired) electrons. The summed E-state index contributed by atoms with van der Waals surface area (Å²) in [6.07, 6.45) is -1.31. The first kappa shape index (κ1) is 15.6. The topological polar surface area (TPSA) is 83.7 Å². The van der Waals surface area contributed by atoms with Crippen LogP contribution >= 0.6 is 11.3 Å². The number of carbonyl (C=O) groups excluding carboxylic acids is 1. The van der Waals surface area contributed by atoms with E-state index in [2.05, 4.69) is 10.1 Å². The minimum absolute atomic E-state index is 0.0953. The molecule has 0 saturated carbocycles. The Labute approximate surface area is 147 Å². The van der Waals surface area contributed by atoms with Gasteiger partial charge in [-0.3, -0.25) is 0 Å². The van der Waals surface area contributed by atoms with E-state index in [0.29, 0.717) is 23.2 Å². The fourth-order valence-electron chi connectivity index (χ4n) is 2.41. The molecule has 0 aliphatic carbocycles. The normalized spacial score (nSPS) is 18.8. The van der Waals surface area contributed by atoms with E-state index in [1.807, 2.05) is 29.6 Å². The molecule has 2 unspecified atom stereocenters. The highest BCUT2D eigenvalue weighted by Gasteiger charge is 2.35. The second-order valence-electron chi connectivity index (χ2n) is 5.41. The van der Waals surface area contributed by atoms with E-state index < -0.39 is 18.2 Å². The summed E-state index contributed by atoms with van der Waals surface area (Å²) in [7, 11) is 0. The van der Waals surface area contributed by atoms with Crippen LogP contribution in [0.25, 0.3) is 10.8 Å². The van der Waals surface area contributed by atoms with Gasteiger partial charge in [0.1, 0.15) is 6.10 Å². The zero-order valence-corrected chi connectivity index (χ0v) is 14.1. The number of nitrogens with zero attached hydrogens (tertiary/aromatic N) is 2. The zero-order chi connectivity index (χ0) is 17.2. The number of fused-ring (bicyclic) bond motifs is 1. The van der Waals surface area contributed by atoms with Crippen LogP contribution in [0.4, 0.5) is 0 Å². The van der Waals surface area contributed by atoms with E-state index in [1.54, 1.807) is 19.1 Å². The van der Waals surface area contributed by atoms with E-state index >= 15 is 0 Å². The number of esters is 1. The van der Waals surface area contributed by atoms with Crippen LogP contribution in [0, 0.1) is 0 Å². The molecule has 1 aliphatic heterocycles. The molecule has 0 saturated heterocycles. The SMILES string of the molecule is CC1Oc2ccccc2OC1C(=O)OCc1noc(-c2cccs2)n1. The van der Waals surface area contributed by atoms with Crippen LogP contribution in [0.1, 0.15) is 12.7 Å². The Morgan fingerprint density at radius 1 is 1.20 bits per heavy atom. The Morgan fingerprint density at radius 3 is 2.76 bits per heavy atom. The molecular weight excluding hydrogens is 344 g/mol. The Balaban J connectivity index is 1.39. The van der Waals surface area contributed by atoms with Crippen LogP contribution in [0.5, 0.6) is 11.5 Å². The van der Waals surface area contributed by atoms with Gasteiger partial charge in [0, 0.05) is 0 Å². The standard InChI is InChI=1S/C17H14N2O5S/c1-10-15(23-12-6-3-2-5-11(12)22-10)17(20)21-9-14-18-16(24-19-14)13-7-4-8-25-13/h2-8,10,15H,9H2,1H3. The molecule has 25 heavy (non-hydrogen) atoms. The number of benzene rings is 1. The van der Waals surface area contributed by atoms with Crippen LogP contribution < -0.4 is 9.47 Å². The number of rotatable bonds is 4. The summed E-state index contributed by atoms with van der Waals surface area (Å²) >= 11 is 1.49. The van der Waals surface area contributed by atoms with Gasteiger partial charge in [-0.1, -0.05) is 23.4 Å². The first-order valence-corrected chi connectivity index (χ1v) is 8.54. The summed E-state index contributed by atoms with van der Waals surface area (Å²) in [5.41, 5.74) is 0.